The number of aryl methyl sites for hydroxylation is 1. The lowest BCUT2D eigenvalue weighted by Crippen LogP contribution is -2.39. The molecule has 0 saturated carbocycles. The van der Waals surface area contributed by atoms with E-state index < -0.39 is 0 Å². The number of fused-ring (bicyclic) bond motifs is 1. The van der Waals surface area contributed by atoms with Gasteiger partial charge in [0.05, 0.1) is 11.6 Å². The second-order valence-corrected chi connectivity index (χ2v) is 7.53. The van der Waals surface area contributed by atoms with Gasteiger partial charge in [-0.1, -0.05) is 6.08 Å². The number of nitrogens with one attached hydrogen (secondary N) is 2. The summed E-state index contributed by atoms with van der Waals surface area (Å²) in [4.78, 5) is 28.5. The molecule has 1 saturated heterocycles. The van der Waals surface area contributed by atoms with Crippen molar-refractivity contribution in [2.24, 2.45) is 0 Å². The second-order valence-electron chi connectivity index (χ2n) is 6.43. The number of likely N-dealkylation sites (tertiary alicyclic amines) is 1. The third kappa shape index (κ3) is 3.26. The SMILES string of the molecule is C=CCN1CCCC1C(=O)Nc1sc2c(c1C(=O)NC)CCCC2. The maximum Gasteiger partial charge on any atom is 0.254 e. The van der Waals surface area contributed by atoms with E-state index in [0.29, 0.717) is 5.56 Å². The molecule has 1 aromatic heterocycles. The van der Waals surface area contributed by atoms with Crippen molar-refractivity contribution >= 4 is 28.2 Å². The fourth-order valence-electron chi connectivity index (χ4n) is 3.72. The predicted molar refractivity (Wildman–Crippen MR) is 97.8 cm³/mol. The Morgan fingerprint density at radius 2 is 2.12 bits per heavy atom. The van der Waals surface area contributed by atoms with E-state index in [0.717, 1.165) is 62.2 Å². The minimum Gasteiger partial charge on any atom is -0.355 e. The molecule has 2 heterocycles. The van der Waals surface area contributed by atoms with Crippen LogP contribution in [0, 0.1) is 0 Å². The maximum absolute atomic E-state index is 12.8. The highest BCUT2D eigenvalue weighted by Crippen LogP contribution is 2.38. The Hall–Kier alpha value is -1.66. The van der Waals surface area contributed by atoms with Crippen molar-refractivity contribution in [2.45, 2.75) is 44.6 Å². The molecule has 130 valence electrons. The highest BCUT2D eigenvalue weighted by atomic mass is 32.1. The van der Waals surface area contributed by atoms with Crippen molar-refractivity contribution in [3.8, 4) is 0 Å². The van der Waals surface area contributed by atoms with E-state index in [9.17, 15) is 9.59 Å². The lowest BCUT2D eigenvalue weighted by atomic mass is 9.95. The van der Waals surface area contributed by atoms with Crippen molar-refractivity contribution < 1.29 is 9.59 Å². The molecule has 1 aromatic rings. The van der Waals surface area contributed by atoms with Crippen molar-refractivity contribution in [1.82, 2.24) is 10.2 Å². The molecule has 0 radical (unpaired) electrons. The average molecular weight is 347 g/mol. The standard InChI is InChI=1S/C18H25N3O2S/c1-3-10-21-11-6-8-13(21)16(22)20-18-15(17(23)19-2)12-7-4-5-9-14(12)24-18/h3,13H,1,4-11H2,2H3,(H,19,23)(H,20,22). The van der Waals surface area contributed by atoms with Crippen LogP contribution in [0.4, 0.5) is 5.00 Å². The molecule has 5 nitrogen and oxygen atoms in total. The minimum absolute atomic E-state index is 0.00176. The molecule has 2 amide bonds. The molecule has 2 N–H and O–H groups in total. The Balaban J connectivity index is 1.84. The number of hydrogen-bond donors (Lipinski definition) is 2. The van der Waals surface area contributed by atoms with E-state index in [1.54, 1.807) is 18.4 Å². The summed E-state index contributed by atoms with van der Waals surface area (Å²) in [6, 6.07) is -0.125. The normalized spacial score (nSPS) is 20.5. The quantitative estimate of drug-likeness (QED) is 0.805. The van der Waals surface area contributed by atoms with Crippen LogP contribution in [0.15, 0.2) is 12.7 Å². The summed E-state index contributed by atoms with van der Waals surface area (Å²) in [6.07, 6.45) is 7.92. The Morgan fingerprint density at radius 3 is 2.88 bits per heavy atom. The van der Waals surface area contributed by atoms with Gasteiger partial charge in [-0.2, -0.15) is 0 Å². The first-order valence-corrected chi connectivity index (χ1v) is 9.49. The lowest BCUT2D eigenvalue weighted by molar-refractivity contribution is -0.120. The molecule has 1 aliphatic heterocycles. The predicted octanol–water partition coefficient (Wildman–Crippen LogP) is 2.58. The summed E-state index contributed by atoms with van der Waals surface area (Å²) in [6.45, 7) is 5.42. The number of rotatable bonds is 5. The monoisotopic (exact) mass is 347 g/mol. The largest absolute Gasteiger partial charge is 0.355 e. The van der Waals surface area contributed by atoms with Crippen molar-refractivity contribution in [3.63, 3.8) is 0 Å². The molecule has 0 bridgehead atoms. The van der Waals surface area contributed by atoms with Gasteiger partial charge >= 0.3 is 0 Å². The van der Waals surface area contributed by atoms with Crippen molar-refractivity contribution in [2.75, 3.05) is 25.5 Å². The zero-order chi connectivity index (χ0) is 17.1. The minimum atomic E-state index is -0.125. The van der Waals surface area contributed by atoms with Crippen LogP contribution >= 0.6 is 11.3 Å². The van der Waals surface area contributed by atoms with E-state index >= 15 is 0 Å². The summed E-state index contributed by atoms with van der Waals surface area (Å²) in [5.41, 5.74) is 1.81. The third-order valence-electron chi connectivity index (χ3n) is 4.89. The Kier molecular flexibility index (Phi) is 5.36. The van der Waals surface area contributed by atoms with Gasteiger partial charge in [0.2, 0.25) is 5.91 Å². The molecule has 24 heavy (non-hydrogen) atoms. The first kappa shape index (κ1) is 17.2. The first-order valence-electron chi connectivity index (χ1n) is 8.68. The van der Waals surface area contributed by atoms with Gasteiger partial charge < -0.3 is 10.6 Å². The van der Waals surface area contributed by atoms with Gasteiger partial charge in [-0.05, 0) is 50.6 Å². The number of nitrogens with zero attached hydrogens (tertiary/aromatic N) is 1. The van der Waals surface area contributed by atoms with Crippen LogP contribution < -0.4 is 10.6 Å². The number of hydrogen-bond acceptors (Lipinski definition) is 4. The topological polar surface area (TPSA) is 61.4 Å². The highest BCUT2D eigenvalue weighted by Gasteiger charge is 2.32. The summed E-state index contributed by atoms with van der Waals surface area (Å²) in [7, 11) is 1.64. The molecule has 1 fully saturated rings. The number of carbonyl (C=O) groups excluding carboxylic acids is 2. The van der Waals surface area contributed by atoms with Gasteiger partial charge in [0.1, 0.15) is 5.00 Å². The zero-order valence-corrected chi connectivity index (χ0v) is 15.0. The molecule has 1 aliphatic carbocycles. The van der Waals surface area contributed by atoms with E-state index in [1.165, 1.54) is 4.88 Å². The Bertz CT molecular complexity index is 653. The van der Waals surface area contributed by atoms with Crippen LogP contribution in [-0.2, 0) is 17.6 Å². The number of anilines is 1. The van der Waals surface area contributed by atoms with Gasteiger partial charge in [-0.3, -0.25) is 14.5 Å². The summed E-state index contributed by atoms with van der Waals surface area (Å²) >= 11 is 1.58. The van der Waals surface area contributed by atoms with E-state index in [4.69, 9.17) is 0 Å². The first-order chi connectivity index (χ1) is 11.7. The smallest absolute Gasteiger partial charge is 0.254 e. The van der Waals surface area contributed by atoms with Gasteiger partial charge in [0.25, 0.3) is 5.91 Å². The molecule has 0 aromatic carbocycles. The van der Waals surface area contributed by atoms with E-state index in [2.05, 4.69) is 22.1 Å². The summed E-state index contributed by atoms with van der Waals surface area (Å²) in [5, 5.41) is 6.50. The molecule has 1 unspecified atom stereocenters. The number of thiophene rings is 1. The van der Waals surface area contributed by atoms with E-state index in [1.807, 2.05) is 6.08 Å². The van der Waals surface area contributed by atoms with Crippen LogP contribution in [-0.4, -0.2) is 42.9 Å². The van der Waals surface area contributed by atoms with Crippen molar-refractivity contribution in [1.29, 1.82) is 0 Å². The van der Waals surface area contributed by atoms with Crippen LogP contribution in [0.1, 0.15) is 46.5 Å². The summed E-state index contributed by atoms with van der Waals surface area (Å²) in [5.74, 6) is -0.0998. The third-order valence-corrected chi connectivity index (χ3v) is 6.10. The molecular weight excluding hydrogens is 322 g/mol. The average Bonchev–Trinajstić information content (AvgIpc) is 3.18. The zero-order valence-electron chi connectivity index (χ0n) is 14.2. The van der Waals surface area contributed by atoms with Gasteiger partial charge in [-0.15, -0.1) is 17.9 Å². The summed E-state index contributed by atoms with van der Waals surface area (Å²) < 4.78 is 0. The molecule has 1 atom stereocenters. The Labute approximate surface area is 147 Å². The maximum atomic E-state index is 12.8. The molecular formula is C18H25N3O2S. The van der Waals surface area contributed by atoms with Gasteiger partial charge in [-0.25, -0.2) is 0 Å². The van der Waals surface area contributed by atoms with Crippen LogP contribution in [0.5, 0.6) is 0 Å². The van der Waals surface area contributed by atoms with Crippen molar-refractivity contribution in [3.05, 3.63) is 28.7 Å². The molecule has 0 spiro atoms. The highest BCUT2D eigenvalue weighted by molar-refractivity contribution is 7.17. The lowest BCUT2D eigenvalue weighted by Gasteiger charge is -2.22. The number of amides is 2. The Morgan fingerprint density at radius 1 is 1.33 bits per heavy atom. The van der Waals surface area contributed by atoms with E-state index in [-0.39, 0.29) is 17.9 Å². The fraction of sp³-hybridized carbons (Fsp3) is 0.556. The molecule has 6 heteroatoms. The van der Waals surface area contributed by atoms with Crippen LogP contribution in [0.3, 0.4) is 0 Å². The second kappa shape index (κ2) is 7.49. The molecule has 3 rings (SSSR count). The number of carbonyl (C=O) groups is 2. The van der Waals surface area contributed by atoms with Gasteiger partial charge in [0, 0.05) is 18.5 Å². The molecule has 2 aliphatic rings. The van der Waals surface area contributed by atoms with Crippen LogP contribution in [0.25, 0.3) is 0 Å². The fourth-order valence-corrected chi connectivity index (χ4v) is 5.01. The van der Waals surface area contributed by atoms with Gasteiger partial charge in [0.15, 0.2) is 0 Å². The van der Waals surface area contributed by atoms with Crippen LogP contribution in [0.2, 0.25) is 0 Å².